The summed E-state index contributed by atoms with van der Waals surface area (Å²) in [4.78, 5) is 23.6. The van der Waals surface area contributed by atoms with Gasteiger partial charge in [0.25, 0.3) is 0 Å². The Hall–Kier alpha value is -3.33. The number of nitrogens with zero attached hydrogens (tertiary/aromatic N) is 3. The highest BCUT2D eigenvalue weighted by atomic mass is 79.9. The largest absolute Gasteiger partial charge is 0.543 e. The van der Waals surface area contributed by atoms with Crippen molar-refractivity contribution in [1.82, 2.24) is 9.97 Å². The van der Waals surface area contributed by atoms with Gasteiger partial charge in [0.1, 0.15) is 5.75 Å². The van der Waals surface area contributed by atoms with E-state index in [4.69, 9.17) is 9.16 Å². The molecule has 2 heterocycles. The summed E-state index contributed by atoms with van der Waals surface area (Å²) in [6, 6.07) is 6.32. The number of aromatic nitrogens is 2. The van der Waals surface area contributed by atoms with Gasteiger partial charge in [0.05, 0.1) is 39.6 Å². The fraction of sp³-hybridized carbons (Fsp3) is 0.485. The maximum absolute atomic E-state index is 13.5. The van der Waals surface area contributed by atoms with E-state index in [0.717, 1.165) is 5.56 Å². The first-order valence-corrected chi connectivity index (χ1v) is 19.2. The number of hydrogen-bond donors (Lipinski definition) is 1. The van der Waals surface area contributed by atoms with Crippen LogP contribution in [0, 0.1) is 0 Å². The van der Waals surface area contributed by atoms with Crippen molar-refractivity contribution >= 4 is 42.0 Å². The van der Waals surface area contributed by atoms with E-state index in [1.807, 2.05) is 25.1 Å². The van der Waals surface area contributed by atoms with E-state index < -0.39 is 43.9 Å². The molecule has 0 spiro atoms. The Kier molecular flexibility index (Phi) is 10.8. The van der Waals surface area contributed by atoms with Crippen molar-refractivity contribution in [2.24, 2.45) is 0 Å². The minimum Gasteiger partial charge on any atom is -0.543 e. The lowest BCUT2D eigenvalue weighted by atomic mass is 9.90. The summed E-state index contributed by atoms with van der Waals surface area (Å²) in [7, 11) is -2.24. The molecule has 0 radical (unpaired) electrons. The van der Waals surface area contributed by atoms with E-state index in [-0.39, 0.29) is 47.4 Å². The number of anilines is 2. The zero-order valence-corrected chi connectivity index (χ0v) is 30.3. The summed E-state index contributed by atoms with van der Waals surface area (Å²) in [5, 5.41) is 3.24. The van der Waals surface area contributed by atoms with Crippen molar-refractivity contribution in [2.45, 2.75) is 96.4 Å². The van der Waals surface area contributed by atoms with Crippen LogP contribution in [0.1, 0.15) is 81.4 Å². The first-order chi connectivity index (χ1) is 22.1. The van der Waals surface area contributed by atoms with Crippen LogP contribution in [-0.4, -0.2) is 37.0 Å². The standard InChI is InChI=1S/C33H39BrF6N4O3Si/c1-8-22-16-26(24-17-23(47-48(6,7)31(3,4)5)10-11-28(24)44(22)30(45)46-9-2)42-29-41-18-25(34)27(43-29)14-19-12-20(32(35,36)37)15-21(13-19)33(38,39)40/h10-13,15,17-18,22,26H,8-9,14,16H2,1-7H3,(H,41,42,43)/t22-,26+/m1/s1. The Morgan fingerprint density at radius 3 is 2.19 bits per heavy atom. The van der Waals surface area contributed by atoms with Gasteiger partial charge in [-0.2, -0.15) is 26.3 Å². The van der Waals surface area contributed by atoms with E-state index in [0.29, 0.717) is 40.9 Å². The van der Waals surface area contributed by atoms with Crippen molar-refractivity contribution in [3.63, 3.8) is 0 Å². The molecule has 1 aliphatic rings. The number of rotatable bonds is 8. The molecular formula is C33H39BrF6N4O3Si. The minimum absolute atomic E-state index is 0.0764. The Morgan fingerprint density at radius 2 is 1.65 bits per heavy atom. The first-order valence-electron chi connectivity index (χ1n) is 15.5. The summed E-state index contributed by atoms with van der Waals surface area (Å²) in [5.41, 5.74) is -1.48. The van der Waals surface area contributed by atoms with Gasteiger partial charge in [0.2, 0.25) is 14.3 Å². The van der Waals surface area contributed by atoms with Gasteiger partial charge in [0, 0.05) is 24.2 Å². The van der Waals surface area contributed by atoms with Gasteiger partial charge in [-0.15, -0.1) is 0 Å². The van der Waals surface area contributed by atoms with Crippen molar-refractivity contribution in [3.05, 3.63) is 75.0 Å². The van der Waals surface area contributed by atoms with Gasteiger partial charge in [-0.3, -0.25) is 4.90 Å². The van der Waals surface area contributed by atoms with Crippen molar-refractivity contribution < 1.29 is 40.3 Å². The summed E-state index contributed by atoms with van der Waals surface area (Å²) < 4.78 is 93.3. The van der Waals surface area contributed by atoms with Crippen LogP contribution < -0.4 is 14.6 Å². The average Bonchev–Trinajstić information content (AvgIpc) is 2.97. The smallest absolute Gasteiger partial charge is 0.416 e. The van der Waals surface area contributed by atoms with Crippen LogP contribution in [0.15, 0.2) is 47.1 Å². The number of carbonyl (C=O) groups excluding carboxylic acids is 1. The van der Waals surface area contributed by atoms with Gasteiger partial charge in [-0.05, 0) is 95.8 Å². The van der Waals surface area contributed by atoms with E-state index in [1.165, 1.54) is 6.20 Å². The zero-order valence-electron chi connectivity index (χ0n) is 27.7. The lowest BCUT2D eigenvalue weighted by Gasteiger charge is -2.41. The lowest BCUT2D eigenvalue weighted by Crippen LogP contribution is -2.46. The number of carbonyl (C=O) groups is 1. The molecule has 1 aromatic heterocycles. The van der Waals surface area contributed by atoms with Crippen molar-refractivity contribution in [2.75, 3.05) is 16.8 Å². The number of hydrogen-bond acceptors (Lipinski definition) is 6. The molecule has 2 atom stereocenters. The molecule has 15 heteroatoms. The SMILES string of the molecule is CCOC(=O)N1c2ccc(O[Si](C)(C)C(C)(C)C)cc2[C@@H](Nc2ncc(Br)c(Cc3cc(C(F)(F)F)cc(C(F)(F)F)c3)n2)C[C@H]1CC. The van der Waals surface area contributed by atoms with E-state index in [1.54, 1.807) is 11.8 Å². The van der Waals surface area contributed by atoms with Crippen molar-refractivity contribution in [3.8, 4) is 5.75 Å². The molecule has 3 aromatic rings. The van der Waals surface area contributed by atoms with Gasteiger partial charge >= 0.3 is 18.4 Å². The third-order valence-corrected chi connectivity index (χ3v) is 13.8. The fourth-order valence-corrected chi connectivity index (χ4v) is 6.59. The third-order valence-electron chi connectivity index (χ3n) is 8.76. The number of fused-ring (bicyclic) bond motifs is 1. The highest BCUT2D eigenvalue weighted by molar-refractivity contribution is 9.10. The number of benzene rings is 2. The number of alkyl halides is 6. The number of halogens is 7. The number of amides is 1. The topological polar surface area (TPSA) is 76.6 Å². The molecule has 0 unspecified atom stereocenters. The predicted octanol–water partition coefficient (Wildman–Crippen LogP) is 10.5. The molecule has 0 saturated carbocycles. The Balaban J connectivity index is 1.74. The van der Waals surface area contributed by atoms with E-state index >= 15 is 0 Å². The highest BCUT2D eigenvalue weighted by Gasteiger charge is 2.41. The summed E-state index contributed by atoms with van der Waals surface area (Å²) in [5.74, 6) is 0.746. The van der Waals surface area contributed by atoms with Gasteiger partial charge in [-0.1, -0.05) is 27.7 Å². The van der Waals surface area contributed by atoms with Crippen LogP contribution in [0.3, 0.4) is 0 Å². The van der Waals surface area contributed by atoms with Crippen LogP contribution in [0.4, 0.5) is 42.8 Å². The van der Waals surface area contributed by atoms with Crippen LogP contribution in [-0.2, 0) is 23.5 Å². The third kappa shape index (κ3) is 8.44. The van der Waals surface area contributed by atoms with Crippen LogP contribution in [0.25, 0.3) is 0 Å². The molecule has 48 heavy (non-hydrogen) atoms. The fourth-order valence-electron chi connectivity index (χ4n) is 5.24. The summed E-state index contributed by atoms with van der Waals surface area (Å²) >= 11 is 3.30. The molecule has 0 saturated heterocycles. The van der Waals surface area contributed by atoms with Gasteiger partial charge in [-0.25, -0.2) is 14.8 Å². The minimum atomic E-state index is -4.97. The normalized spacial score (nSPS) is 17.2. The maximum Gasteiger partial charge on any atom is 0.416 e. The van der Waals surface area contributed by atoms with Crippen molar-refractivity contribution in [1.29, 1.82) is 0 Å². The summed E-state index contributed by atoms with van der Waals surface area (Å²) in [6.45, 7) is 14.5. The maximum atomic E-state index is 13.5. The van der Waals surface area contributed by atoms with Crippen LogP contribution >= 0.6 is 15.9 Å². The molecule has 2 aromatic carbocycles. The second kappa shape index (κ2) is 13.9. The van der Waals surface area contributed by atoms with Crippen LogP contribution in [0.2, 0.25) is 18.1 Å². The predicted molar refractivity (Wildman–Crippen MR) is 178 cm³/mol. The van der Waals surface area contributed by atoms with Gasteiger partial charge in [0.15, 0.2) is 0 Å². The molecule has 0 fully saturated rings. The first kappa shape index (κ1) is 37.5. The van der Waals surface area contributed by atoms with E-state index in [9.17, 15) is 31.1 Å². The Morgan fingerprint density at radius 1 is 1.02 bits per heavy atom. The molecule has 7 nitrogen and oxygen atoms in total. The number of ether oxygens (including phenoxy) is 1. The van der Waals surface area contributed by atoms with Crippen LogP contribution in [0.5, 0.6) is 5.75 Å². The number of nitrogens with one attached hydrogen (secondary N) is 1. The quantitative estimate of drug-likeness (QED) is 0.182. The second-order valence-corrected chi connectivity index (χ2v) is 18.8. The van der Waals surface area contributed by atoms with E-state index in [2.05, 4.69) is 65.1 Å². The monoisotopic (exact) mass is 760 g/mol. The zero-order chi connectivity index (χ0) is 35.8. The Labute approximate surface area is 285 Å². The molecule has 4 rings (SSSR count). The lowest BCUT2D eigenvalue weighted by molar-refractivity contribution is -0.143. The molecule has 1 aliphatic heterocycles. The molecule has 0 aliphatic carbocycles. The molecule has 0 bridgehead atoms. The average molecular weight is 762 g/mol. The molecule has 1 amide bonds. The summed E-state index contributed by atoms with van der Waals surface area (Å²) in [6.07, 6.45) is -8.33. The highest BCUT2D eigenvalue weighted by Crippen LogP contribution is 2.44. The second-order valence-electron chi connectivity index (χ2n) is 13.2. The van der Waals surface area contributed by atoms with Gasteiger partial charge < -0.3 is 14.5 Å². The molecule has 262 valence electrons. The molecule has 1 N–H and O–H groups in total. The Bertz CT molecular complexity index is 1610. The molecular weight excluding hydrogens is 722 g/mol.